The van der Waals surface area contributed by atoms with Gasteiger partial charge in [-0.1, -0.05) is 60.7 Å². The van der Waals surface area contributed by atoms with Crippen molar-refractivity contribution in [3.05, 3.63) is 71.8 Å². The lowest BCUT2D eigenvalue weighted by Crippen LogP contribution is -2.76. The summed E-state index contributed by atoms with van der Waals surface area (Å²) in [5.41, 5.74) is 2.04. The molecule has 2 aromatic rings. The Bertz CT molecular complexity index is 1130. The zero-order chi connectivity index (χ0) is 26.9. The first-order chi connectivity index (χ1) is 18.2. The van der Waals surface area contributed by atoms with Gasteiger partial charge in [-0.3, -0.25) is 48.6 Å². The molecule has 3 aliphatic rings. The first-order valence-electron chi connectivity index (χ1n) is 13.0. The van der Waals surface area contributed by atoms with E-state index in [-0.39, 0.29) is 23.6 Å². The van der Waals surface area contributed by atoms with Crippen LogP contribution in [-0.4, -0.2) is 90.0 Å². The molecule has 0 radical (unpaired) electrons. The number of nitrogens with zero attached hydrogens (tertiary/aromatic N) is 6. The van der Waals surface area contributed by atoms with Gasteiger partial charge < -0.3 is 0 Å². The van der Waals surface area contributed by atoms with Crippen LogP contribution in [0.4, 0.5) is 0 Å². The van der Waals surface area contributed by atoms with E-state index in [1.165, 1.54) is 27.7 Å². The molecule has 0 saturated carbocycles. The largest absolute Gasteiger partial charge is 0.299 e. The summed E-state index contributed by atoms with van der Waals surface area (Å²) < 4.78 is 0. The SMILES string of the molecule is CC(=O)N1C2C3N(Cc4ccccc4)C4C(N2Cc2ccccc2)N(C(C)=O)C(C1N4C(C)=O)N3C(C)=O. The lowest BCUT2D eigenvalue weighted by molar-refractivity contribution is -0.187. The fourth-order valence-electron chi connectivity index (χ4n) is 7.13. The van der Waals surface area contributed by atoms with E-state index in [9.17, 15) is 19.2 Å². The fraction of sp³-hybridized carbons (Fsp3) is 0.429. The molecule has 4 amide bonds. The van der Waals surface area contributed by atoms with Gasteiger partial charge in [-0.05, 0) is 11.1 Å². The maximum Gasteiger partial charge on any atom is 0.222 e. The van der Waals surface area contributed by atoms with Gasteiger partial charge in [0.15, 0.2) is 0 Å². The van der Waals surface area contributed by atoms with Crippen LogP contribution in [0.5, 0.6) is 0 Å². The van der Waals surface area contributed by atoms with Gasteiger partial charge >= 0.3 is 0 Å². The highest BCUT2D eigenvalue weighted by atomic mass is 16.2. The molecular weight excluding hydrogens is 484 g/mol. The average Bonchev–Trinajstić information content (AvgIpc) is 3.26. The Morgan fingerprint density at radius 1 is 0.474 bits per heavy atom. The van der Waals surface area contributed by atoms with Crippen molar-refractivity contribution in [2.24, 2.45) is 0 Å². The van der Waals surface area contributed by atoms with Crippen molar-refractivity contribution >= 4 is 23.6 Å². The molecule has 10 nitrogen and oxygen atoms in total. The number of carbonyl (C=O) groups is 4. The third-order valence-corrected chi connectivity index (χ3v) is 8.31. The van der Waals surface area contributed by atoms with E-state index < -0.39 is 37.0 Å². The zero-order valence-electron chi connectivity index (χ0n) is 22.0. The van der Waals surface area contributed by atoms with Crippen LogP contribution in [0.3, 0.4) is 0 Å². The van der Waals surface area contributed by atoms with Crippen LogP contribution >= 0.6 is 0 Å². The summed E-state index contributed by atoms with van der Waals surface area (Å²) in [6, 6.07) is 19.8. The lowest BCUT2D eigenvalue weighted by Gasteiger charge is -2.54. The summed E-state index contributed by atoms with van der Waals surface area (Å²) in [5, 5.41) is 0. The molecule has 0 bridgehead atoms. The molecular formula is C28H32N6O4. The van der Waals surface area contributed by atoms with Crippen molar-refractivity contribution in [1.82, 2.24) is 29.4 Å². The highest BCUT2D eigenvalue weighted by Gasteiger charge is 2.74. The number of carbonyl (C=O) groups excluding carboxylic acids is 4. The highest BCUT2D eigenvalue weighted by Crippen LogP contribution is 2.52. The number of hydrogen-bond acceptors (Lipinski definition) is 6. The average molecular weight is 517 g/mol. The van der Waals surface area contributed by atoms with E-state index in [1.807, 2.05) is 60.7 Å². The predicted octanol–water partition coefficient (Wildman–Crippen LogP) is 1.40. The first-order valence-corrected chi connectivity index (χ1v) is 13.0. The molecule has 0 aliphatic carbocycles. The van der Waals surface area contributed by atoms with E-state index in [2.05, 4.69) is 9.80 Å². The van der Waals surface area contributed by atoms with Crippen LogP contribution in [0.1, 0.15) is 38.8 Å². The smallest absolute Gasteiger partial charge is 0.222 e. The Hall–Kier alpha value is -3.76. The van der Waals surface area contributed by atoms with Gasteiger partial charge in [-0.2, -0.15) is 0 Å². The standard InChI is InChI=1S/C28H32N6O4/c1-17(35)31-23-24-30(16-22-13-9-6-10-14-22)26-25(29(23)15-21-11-7-5-8-12-21)34(20(4)38)28(33(24)19(3)37)27(31)32(26)18(2)36/h5-14,23-28H,15-16H2,1-4H3. The molecule has 10 heteroatoms. The summed E-state index contributed by atoms with van der Waals surface area (Å²) in [6.45, 7) is 6.91. The Labute approximate surface area is 222 Å². The topological polar surface area (TPSA) is 87.7 Å². The Morgan fingerprint density at radius 3 is 0.974 bits per heavy atom. The van der Waals surface area contributed by atoms with Crippen LogP contribution in [0, 0.1) is 0 Å². The van der Waals surface area contributed by atoms with E-state index >= 15 is 0 Å². The molecule has 5 rings (SSSR count). The summed E-state index contributed by atoms with van der Waals surface area (Å²) in [6.07, 6.45) is -3.82. The Balaban J connectivity index is 1.62. The maximum absolute atomic E-state index is 13.4. The molecule has 3 saturated heterocycles. The van der Waals surface area contributed by atoms with Crippen molar-refractivity contribution in [3.8, 4) is 0 Å². The minimum atomic E-state index is -0.790. The Kier molecular flexibility index (Phi) is 5.77. The second-order valence-corrected chi connectivity index (χ2v) is 10.5. The van der Waals surface area contributed by atoms with Crippen molar-refractivity contribution in [2.45, 2.75) is 77.8 Å². The summed E-state index contributed by atoms with van der Waals surface area (Å²) >= 11 is 0. The van der Waals surface area contributed by atoms with Crippen molar-refractivity contribution in [3.63, 3.8) is 0 Å². The summed E-state index contributed by atoms with van der Waals surface area (Å²) in [5.74, 6) is -0.800. The van der Waals surface area contributed by atoms with E-state index in [0.717, 1.165) is 11.1 Å². The lowest BCUT2D eigenvalue weighted by atomic mass is 10.0. The minimum absolute atomic E-state index is 0.200. The van der Waals surface area contributed by atoms with Gasteiger partial charge in [-0.15, -0.1) is 0 Å². The summed E-state index contributed by atoms with van der Waals surface area (Å²) in [7, 11) is 0. The van der Waals surface area contributed by atoms with Crippen molar-refractivity contribution in [2.75, 3.05) is 0 Å². The fourth-order valence-corrected chi connectivity index (χ4v) is 7.13. The van der Waals surface area contributed by atoms with E-state index in [1.54, 1.807) is 19.6 Å². The second kappa shape index (κ2) is 8.92. The first kappa shape index (κ1) is 24.6. The van der Waals surface area contributed by atoms with Crippen LogP contribution < -0.4 is 0 Å². The summed E-state index contributed by atoms with van der Waals surface area (Å²) in [4.78, 5) is 64.9. The number of piperazine rings is 3. The molecule has 0 aromatic heterocycles. The number of amides is 4. The second-order valence-electron chi connectivity index (χ2n) is 10.5. The van der Waals surface area contributed by atoms with Crippen LogP contribution in [0.15, 0.2) is 60.7 Å². The molecule has 3 aliphatic heterocycles. The zero-order valence-corrected chi connectivity index (χ0v) is 22.0. The molecule has 198 valence electrons. The Morgan fingerprint density at radius 2 is 0.737 bits per heavy atom. The molecule has 3 fully saturated rings. The van der Waals surface area contributed by atoms with Crippen molar-refractivity contribution in [1.29, 1.82) is 0 Å². The van der Waals surface area contributed by atoms with Crippen LogP contribution in [0.25, 0.3) is 0 Å². The predicted molar refractivity (Wildman–Crippen MR) is 137 cm³/mol. The van der Waals surface area contributed by atoms with Gasteiger partial charge in [0.05, 0.1) is 0 Å². The van der Waals surface area contributed by atoms with Gasteiger partial charge in [0, 0.05) is 40.8 Å². The van der Waals surface area contributed by atoms with Crippen LogP contribution in [-0.2, 0) is 32.3 Å². The molecule has 0 N–H and O–H groups in total. The van der Waals surface area contributed by atoms with Gasteiger partial charge in [0.25, 0.3) is 0 Å². The van der Waals surface area contributed by atoms with E-state index in [0.29, 0.717) is 13.1 Å². The maximum atomic E-state index is 13.4. The van der Waals surface area contributed by atoms with Crippen LogP contribution in [0.2, 0.25) is 0 Å². The van der Waals surface area contributed by atoms with Crippen molar-refractivity contribution < 1.29 is 19.2 Å². The number of fused-ring (bicyclic) bond motifs is 3. The molecule has 0 spiro atoms. The minimum Gasteiger partial charge on any atom is -0.299 e. The molecule has 4 atom stereocenters. The van der Waals surface area contributed by atoms with Gasteiger partial charge in [0.2, 0.25) is 23.6 Å². The third kappa shape index (κ3) is 3.40. The number of hydrogen-bond donors (Lipinski definition) is 0. The van der Waals surface area contributed by atoms with E-state index in [4.69, 9.17) is 0 Å². The molecule has 4 unspecified atom stereocenters. The monoisotopic (exact) mass is 516 g/mol. The molecule has 3 heterocycles. The molecule has 2 aromatic carbocycles. The van der Waals surface area contributed by atoms with Gasteiger partial charge in [-0.25, -0.2) is 0 Å². The third-order valence-electron chi connectivity index (χ3n) is 8.31. The highest BCUT2D eigenvalue weighted by molar-refractivity contribution is 5.83. The normalized spacial score (nSPS) is 29.8. The molecule has 38 heavy (non-hydrogen) atoms. The quantitative estimate of drug-likeness (QED) is 0.611. The van der Waals surface area contributed by atoms with Gasteiger partial charge in [0.1, 0.15) is 37.0 Å². The number of benzene rings is 2. The number of rotatable bonds is 4.